The van der Waals surface area contributed by atoms with E-state index in [-0.39, 0.29) is 5.04 Å². The van der Waals surface area contributed by atoms with Gasteiger partial charge in [-0.15, -0.1) is 5.11 Å². The molecule has 2 aromatic rings. The van der Waals surface area contributed by atoms with Gasteiger partial charge in [-0.25, -0.2) is 0 Å². The van der Waals surface area contributed by atoms with E-state index in [9.17, 15) is 0 Å². The standard InChI is InChI=1S/C18H29N5OS2Si/c1-18(2,3)27(6,7)24-14-15-8-10-16(11-9-15)19-21-20-17-22(25-4)12-13-23(17)26-5/h8-13H,14H2,1-7H3. The van der Waals surface area contributed by atoms with Gasteiger partial charge in [-0.3, -0.25) is 7.94 Å². The number of hydrogen-bond acceptors (Lipinski definition) is 5. The fourth-order valence-corrected chi connectivity index (χ4v) is 3.92. The van der Waals surface area contributed by atoms with Crippen LogP contribution in [0.4, 0.5) is 5.69 Å². The largest absolute Gasteiger partial charge is 0.413 e. The van der Waals surface area contributed by atoms with Crippen LogP contribution in [0.3, 0.4) is 0 Å². The Balaban J connectivity index is 2.05. The van der Waals surface area contributed by atoms with Crippen LogP contribution in [0.5, 0.6) is 0 Å². The van der Waals surface area contributed by atoms with E-state index >= 15 is 0 Å². The second kappa shape index (κ2) is 9.27. The Morgan fingerprint density at radius 2 is 1.56 bits per heavy atom. The topological polar surface area (TPSA) is 56.2 Å². The normalized spacial score (nSPS) is 12.7. The number of rotatable bonds is 7. The molecule has 2 rings (SSSR count). The summed E-state index contributed by atoms with van der Waals surface area (Å²) in [5, 5.41) is 12.7. The van der Waals surface area contributed by atoms with Crippen LogP contribution in [0.2, 0.25) is 18.1 Å². The molecule has 0 saturated carbocycles. The van der Waals surface area contributed by atoms with E-state index in [0.29, 0.717) is 6.61 Å². The third-order valence-corrected chi connectivity index (χ3v) is 10.6. The van der Waals surface area contributed by atoms with E-state index in [1.54, 1.807) is 23.9 Å². The van der Waals surface area contributed by atoms with Crippen LogP contribution in [0.25, 0.3) is 0 Å². The fraction of sp³-hybridized carbons (Fsp3) is 0.500. The van der Waals surface area contributed by atoms with Crippen LogP contribution >= 0.6 is 23.9 Å². The van der Waals surface area contributed by atoms with Crippen LogP contribution in [0.15, 0.2) is 52.1 Å². The zero-order chi connectivity index (χ0) is 20.1. The molecular weight excluding hydrogens is 394 g/mol. The van der Waals surface area contributed by atoms with Gasteiger partial charge in [-0.1, -0.05) is 38.0 Å². The monoisotopic (exact) mass is 423 g/mol. The predicted molar refractivity (Wildman–Crippen MR) is 119 cm³/mol. The summed E-state index contributed by atoms with van der Waals surface area (Å²) in [6, 6.07) is 7.96. The smallest absolute Gasteiger partial charge is 0.252 e. The zero-order valence-corrected chi connectivity index (χ0v) is 19.8. The molecule has 0 fully saturated rings. The number of aromatic nitrogens is 2. The van der Waals surface area contributed by atoms with Crippen molar-refractivity contribution < 1.29 is 4.43 Å². The van der Waals surface area contributed by atoms with Gasteiger partial charge in [0.15, 0.2) is 8.32 Å². The highest BCUT2D eigenvalue weighted by atomic mass is 32.2. The molecule has 148 valence electrons. The molecule has 0 radical (unpaired) electrons. The Morgan fingerprint density at radius 1 is 1.00 bits per heavy atom. The van der Waals surface area contributed by atoms with Crippen molar-refractivity contribution in [1.29, 1.82) is 0 Å². The first-order valence-corrected chi connectivity index (χ1v) is 14.0. The van der Waals surface area contributed by atoms with Crippen LogP contribution in [0.1, 0.15) is 26.3 Å². The Labute approximate surface area is 171 Å². The van der Waals surface area contributed by atoms with Crippen molar-refractivity contribution in [3.05, 3.63) is 47.8 Å². The van der Waals surface area contributed by atoms with E-state index < -0.39 is 8.32 Å². The number of hydrogen-bond donors (Lipinski definition) is 0. The van der Waals surface area contributed by atoms with Crippen molar-refractivity contribution in [3.63, 3.8) is 0 Å². The van der Waals surface area contributed by atoms with Gasteiger partial charge in [0, 0.05) is 24.9 Å². The molecule has 0 aliphatic carbocycles. The summed E-state index contributed by atoms with van der Waals surface area (Å²) in [7, 11) is -1.74. The molecule has 9 heteroatoms. The molecule has 1 aromatic heterocycles. The third kappa shape index (κ3) is 5.84. The van der Waals surface area contributed by atoms with E-state index in [2.05, 4.69) is 49.3 Å². The highest BCUT2D eigenvalue weighted by Gasteiger charge is 2.36. The minimum Gasteiger partial charge on any atom is -0.413 e. The first-order chi connectivity index (χ1) is 12.7. The highest BCUT2D eigenvalue weighted by molar-refractivity contribution is 7.97. The highest BCUT2D eigenvalue weighted by Crippen LogP contribution is 2.37. The lowest BCUT2D eigenvalue weighted by Crippen LogP contribution is -2.40. The second-order valence-electron chi connectivity index (χ2n) is 7.62. The van der Waals surface area contributed by atoms with Crippen LogP contribution < -0.4 is 5.62 Å². The second-order valence-corrected chi connectivity index (χ2v) is 13.9. The molecule has 0 N–H and O–H groups in total. The lowest BCUT2D eigenvalue weighted by Gasteiger charge is -2.36. The van der Waals surface area contributed by atoms with Crippen LogP contribution in [0, 0.1) is 0 Å². The van der Waals surface area contributed by atoms with Crippen LogP contribution in [-0.4, -0.2) is 28.8 Å². The van der Waals surface area contributed by atoms with E-state index in [0.717, 1.165) is 16.9 Å². The lowest BCUT2D eigenvalue weighted by atomic mass is 10.2. The van der Waals surface area contributed by atoms with Gasteiger partial charge < -0.3 is 4.43 Å². The van der Waals surface area contributed by atoms with Gasteiger partial charge >= 0.3 is 0 Å². The van der Waals surface area contributed by atoms with Gasteiger partial charge in [0.2, 0.25) is 0 Å². The first-order valence-electron chi connectivity index (χ1n) is 8.74. The molecule has 0 aliphatic heterocycles. The molecule has 0 spiro atoms. The Morgan fingerprint density at radius 3 is 2.04 bits per heavy atom. The van der Waals surface area contributed by atoms with Crippen molar-refractivity contribution in [2.24, 2.45) is 15.4 Å². The summed E-state index contributed by atoms with van der Waals surface area (Å²) in [4.78, 5) is 0. The zero-order valence-electron chi connectivity index (χ0n) is 17.1. The maximum absolute atomic E-state index is 6.26. The summed E-state index contributed by atoms with van der Waals surface area (Å²) in [6.07, 6.45) is 7.89. The number of nitrogens with zero attached hydrogens (tertiary/aromatic N) is 5. The molecule has 0 atom stereocenters. The molecular formula is C18H29N5OS2Si. The van der Waals surface area contributed by atoms with Crippen LogP contribution in [-0.2, 0) is 11.0 Å². The molecule has 27 heavy (non-hydrogen) atoms. The summed E-state index contributed by atoms with van der Waals surface area (Å²) in [5.41, 5.74) is 2.65. The number of imidazole rings is 1. The van der Waals surface area contributed by atoms with Crippen molar-refractivity contribution >= 4 is 37.9 Å². The maximum atomic E-state index is 6.26. The SMILES string of the molecule is CSn1ccn(SC)c1=NN=Nc1ccc(CO[Si](C)(C)C(C)(C)C)cc1. The Kier molecular flexibility index (Phi) is 7.55. The lowest BCUT2D eigenvalue weighted by molar-refractivity contribution is 0.276. The van der Waals surface area contributed by atoms with Crippen molar-refractivity contribution in [2.45, 2.75) is 45.5 Å². The molecule has 0 aliphatic rings. The molecule has 6 nitrogen and oxygen atoms in total. The average Bonchev–Trinajstić information content (AvgIpc) is 3.02. The van der Waals surface area contributed by atoms with E-state index in [4.69, 9.17) is 4.43 Å². The minimum atomic E-state index is -1.74. The van der Waals surface area contributed by atoms with E-state index in [1.165, 1.54) is 0 Å². The Bertz CT molecular complexity index is 810. The third-order valence-electron chi connectivity index (χ3n) is 4.76. The van der Waals surface area contributed by atoms with Gasteiger partial charge in [-0.05, 0) is 64.9 Å². The molecule has 0 bridgehead atoms. The van der Waals surface area contributed by atoms with Gasteiger partial charge in [0.25, 0.3) is 5.62 Å². The quantitative estimate of drug-likeness (QED) is 0.328. The molecule has 0 saturated heterocycles. The van der Waals surface area contributed by atoms with Gasteiger partial charge in [0.1, 0.15) is 0 Å². The summed E-state index contributed by atoms with van der Waals surface area (Å²) in [6.45, 7) is 11.9. The molecule has 0 amide bonds. The molecule has 0 unspecified atom stereocenters. The average molecular weight is 424 g/mol. The Hall–Kier alpha value is -1.29. The first kappa shape index (κ1) is 22.0. The summed E-state index contributed by atoms with van der Waals surface area (Å²) in [5.74, 6) is 0. The van der Waals surface area contributed by atoms with Crippen molar-refractivity contribution in [2.75, 3.05) is 12.5 Å². The van der Waals surface area contributed by atoms with Gasteiger partial charge in [0.05, 0.1) is 12.3 Å². The maximum Gasteiger partial charge on any atom is 0.252 e. The fourth-order valence-electron chi connectivity index (χ4n) is 1.98. The predicted octanol–water partition coefficient (Wildman–Crippen LogP) is 5.66. The summed E-state index contributed by atoms with van der Waals surface area (Å²) >= 11 is 3.13. The number of benzene rings is 1. The molecule has 1 heterocycles. The molecule has 1 aromatic carbocycles. The van der Waals surface area contributed by atoms with E-state index in [1.807, 2.05) is 57.1 Å². The van der Waals surface area contributed by atoms with Crippen molar-refractivity contribution in [3.8, 4) is 0 Å². The van der Waals surface area contributed by atoms with Crippen molar-refractivity contribution in [1.82, 2.24) is 7.94 Å². The van der Waals surface area contributed by atoms with Gasteiger partial charge in [-0.2, -0.15) is 0 Å². The minimum absolute atomic E-state index is 0.213. The summed E-state index contributed by atoms with van der Waals surface area (Å²) < 4.78 is 10.1.